The van der Waals surface area contributed by atoms with Crippen LogP contribution in [-0.2, 0) is 12.0 Å². The van der Waals surface area contributed by atoms with Crippen molar-refractivity contribution in [1.82, 2.24) is 10.3 Å². The van der Waals surface area contributed by atoms with Gasteiger partial charge in [-0.3, -0.25) is 4.79 Å². The number of nitrogens with zero attached hydrogens (tertiary/aromatic N) is 2. The van der Waals surface area contributed by atoms with Gasteiger partial charge in [-0.15, -0.1) is 22.7 Å². The van der Waals surface area contributed by atoms with E-state index in [0.717, 1.165) is 37.9 Å². The number of carbonyl (C=O) groups excluding carboxylic acids is 1. The van der Waals surface area contributed by atoms with Crippen molar-refractivity contribution >= 4 is 49.5 Å². The molecule has 0 atom stereocenters. The topological polar surface area (TPSA) is 57.3 Å². The molecular formula is C27H30N4OS2. The van der Waals surface area contributed by atoms with Crippen molar-refractivity contribution in [2.24, 2.45) is 0 Å². The summed E-state index contributed by atoms with van der Waals surface area (Å²) in [7, 11) is 3.99. The number of para-hydroxylation sites is 1. The van der Waals surface area contributed by atoms with E-state index in [1.807, 2.05) is 61.5 Å². The Bertz CT molecular complexity index is 1350. The Hall–Kier alpha value is -2.74. The van der Waals surface area contributed by atoms with Crippen LogP contribution in [0.15, 0.2) is 48.5 Å². The molecule has 0 spiro atoms. The monoisotopic (exact) mass is 490 g/mol. The Labute approximate surface area is 208 Å². The molecule has 0 bridgehead atoms. The highest BCUT2D eigenvalue weighted by Crippen LogP contribution is 2.50. The molecular weight excluding hydrogens is 460 g/mol. The number of hydrogen-bond donors (Lipinski definition) is 2. The highest BCUT2D eigenvalue weighted by molar-refractivity contribution is 7.23. The summed E-state index contributed by atoms with van der Waals surface area (Å²) >= 11 is 3.36. The van der Waals surface area contributed by atoms with Crippen LogP contribution in [0.5, 0.6) is 0 Å². The Morgan fingerprint density at radius 3 is 2.41 bits per heavy atom. The highest BCUT2D eigenvalue weighted by Gasteiger charge is 2.41. The first-order chi connectivity index (χ1) is 16.0. The number of benzene rings is 2. The van der Waals surface area contributed by atoms with Crippen LogP contribution < -0.4 is 15.5 Å². The van der Waals surface area contributed by atoms with E-state index >= 15 is 0 Å². The van der Waals surface area contributed by atoms with Crippen molar-refractivity contribution < 1.29 is 4.79 Å². The quantitative estimate of drug-likeness (QED) is 0.343. The summed E-state index contributed by atoms with van der Waals surface area (Å²) < 4.78 is 1.15. The Morgan fingerprint density at radius 2 is 1.74 bits per heavy atom. The molecule has 1 aliphatic rings. The maximum Gasteiger partial charge on any atom is 0.256 e. The molecule has 2 aromatic carbocycles. The first-order valence-corrected chi connectivity index (χ1v) is 13.1. The number of rotatable bonds is 4. The van der Waals surface area contributed by atoms with Gasteiger partial charge in [0.2, 0.25) is 0 Å². The zero-order chi connectivity index (χ0) is 24.3. The van der Waals surface area contributed by atoms with Crippen LogP contribution in [0.25, 0.3) is 20.8 Å². The third kappa shape index (κ3) is 4.13. The Morgan fingerprint density at radius 1 is 1.03 bits per heavy atom. The molecule has 3 heterocycles. The second kappa shape index (κ2) is 8.18. The van der Waals surface area contributed by atoms with E-state index in [9.17, 15) is 4.79 Å². The van der Waals surface area contributed by atoms with Crippen molar-refractivity contribution in [3.05, 3.63) is 64.5 Å². The molecule has 176 valence electrons. The number of thiophene rings is 1. The normalized spacial score (nSPS) is 16.3. The van der Waals surface area contributed by atoms with E-state index in [4.69, 9.17) is 4.98 Å². The fourth-order valence-electron chi connectivity index (χ4n) is 4.91. The standard InChI is InChI=1S/C27H30N4OS2/c1-26(2)15-18-21(24-28-19-9-7-8-10-20(19)33-24)25(34-22(18)27(3,4)30-26)29-23(32)16-11-13-17(14-12-16)31(5)6/h7-14,30H,15H2,1-6H3,(H,29,32). The molecule has 34 heavy (non-hydrogen) atoms. The lowest BCUT2D eigenvalue weighted by Gasteiger charge is -2.42. The first-order valence-electron chi connectivity index (χ1n) is 11.4. The zero-order valence-corrected chi connectivity index (χ0v) is 22.1. The van der Waals surface area contributed by atoms with Crippen LogP contribution in [0.2, 0.25) is 0 Å². The van der Waals surface area contributed by atoms with Crippen molar-refractivity contribution in [1.29, 1.82) is 0 Å². The molecule has 0 saturated heterocycles. The maximum absolute atomic E-state index is 13.3. The van der Waals surface area contributed by atoms with E-state index in [0.29, 0.717) is 5.56 Å². The molecule has 7 heteroatoms. The van der Waals surface area contributed by atoms with E-state index in [1.165, 1.54) is 10.4 Å². The fraction of sp³-hybridized carbons (Fsp3) is 0.333. The van der Waals surface area contributed by atoms with E-state index in [2.05, 4.69) is 44.4 Å². The molecule has 0 unspecified atom stereocenters. The maximum atomic E-state index is 13.3. The minimum Gasteiger partial charge on any atom is -0.378 e. The second-order valence-corrected chi connectivity index (χ2v) is 12.4. The van der Waals surface area contributed by atoms with Gasteiger partial charge < -0.3 is 15.5 Å². The third-order valence-electron chi connectivity index (χ3n) is 6.23. The molecule has 0 saturated carbocycles. The molecule has 5 nitrogen and oxygen atoms in total. The summed E-state index contributed by atoms with van der Waals surface area (Å²) in [6.07, 6.45) is 0.876. The lowest BCUT2D eigenvalue weighted by molar-refractivity contribution is 0.102. The molecule has 4 aromatic rings. The number of thiazole rings is 1. The molecule has 1 amide bonds. The highest BCUT2D eigenvalue weighted by atomic mass is 32.1. The lowest BCUT2D eigenvalue weighted by Crippen LogP contribution is -2.54. The van der Waals surface area contributed by atoms with Crippen LogP contribution in [-0.4, -0.2) is 30.5 Å². The summed E-state index contributed by atoms with van der Waals surface area (Å²) in [5.41, 5.74) is 4.79. The predicted molar refractivity (Wildman–Crippen MR) is 146 cm³/mol. The van der Waals surface area contributed by atoms with Crippen LogP contribution in [0.4, 0.5) is 10.7 Å². The summed E-state index contributed by atoms with van der Waals surface area (Å²) in [4.78, 5) is 21.6. The molecule has 0 fully saturated rings. The minimum absolute atomic E-state index is 0.0632. The van der Waals surface area contributed by atoms with Crippen LogP contribution in [0.3, 0.4) is 0 Å². The number of aromatic nitrogens is 1. The number of hydrogen-bond acceptors (Lipinski definition) is 6. The second-order valence-electron chi connectivity index (χ2n) is 10.3. The number of carbonyl (C=O) groups is 1. The van der Waals surface area contributed by atoms with Gasteiger partial charge in [-0.05, 0) is 76.1 Å². The smallest absolute Gasteiger partial charge is 0.256 e. The number of anilines is 2. The van der Waals surface area contributed by atoms with Gasteiger partial charge in [-0.2, -0.15) is 0 Å². The molecule has 2 N–H and O–H groups in total. The number of nitrogens with one attached hydrogen (secondary N) is 2. The molecule has 0 radical (unpaired) electrons. The Kier molecular flexibility index (Phi) is 5.54. The summed E-state index contributed by atoms with van der Waals surface area (Å²) in [5, 5.41) is 8.87. The van der Waals surface area contributed by atoms with Gasteiger partial charge >= 0.3 is 0 Å². The first kappa shape index (κ1) is 23.0. The average molecular weight is 491 g/mol. The van der Waals surface area contributed by atoms with Crippen LogP contribution in [0, 0.1) is 0 Å². The molecule has 2 aromatic heterocycles. The average Bonchev–Trinajstić information content (AvgIpc) is 3.33. The van der Waals surface area contributed by atoms with E-state index < -0.39 is 0 Å². The van der Waals surface area contributed by atoms with E-state index in [-0.39, 0.29) is 17.0 Å². The third-order valence-corrected chi connectivity index (χ3v) is 8.75. The summed E-state index contributed by atoms with van der Waals surface area (Å²) in [6, 6.07) is 15.9. The predicted octanol–water partition coefficient (Wildman–Crippen LogP) is 6.50. The zero-order valence-electron chi connectivity index (χ0n) is 20.4. The number of fused-ring (bicyclic) bond motifs is 2. The van der Waals surface area contributed by atoms with Gasteiger partial charge in [0.05, 0.1) is 10.2 Å². The van der Waals surface area contributed by atoms with Crippen molar-refractivity contribution in [3.63, 3.8) is 0 Å². The summed E-state index contributed by atoms with van der Waals surface area (Å²) in [6.45, 7) is 8.91. The van der Waals surface area contributed by atoms with Crippen molar-refractivity contribution in [2.45, 2.75) is 45.2 Å². The van der Waals surface area contributed by atoms with Gasteiger partial charge in [0.15, 0.2) is 0 Å². The molecule has 1 aliphatic heterocycles. The molecule has 0 aliphatic carbocycles. The Balaban J connectivity index is 1.62. The molecule has 5 rings (SSSR count). The van der Waals surface area contributed by atoms with Crippen LogP contribution >= 0.6 is 22.7 Å². The largest absolute Gasteiger partial charge is 0.378 e. The minimum atomic E-state index is -0.205. The van der Waals surface area contributed by atoms with Gasteiger partial charge in [-0.1, -0.05) is 12.1 Å². The SMILES string of the molecule is CN(C)c1ccc(C(=O)Nc2sc3c(c2-c2nc4ccccc4s2)CC(C)(C)NC3(C)C)cc1. The van der Waals surface area contributed by atoms with Gasteiger partial charge in [0, 0.05) is 46.9 Å². The fourth-order valence-corrected chi connectivity index (χ4v) is 7.29. The van der Waals surface area contributed by atoms with E-state index in [1.54, 1.807) is 22.7 Å². The van der Waals surface area contributed by atoms with Gasteiger partial charge in [0.1, 0.15) is 10.0 Å². The van der Waals surface area contributed by atoms with Gasteiger partial charge in [0.25, 0.3) is 5.91 Å². The lowest BCUT2D eigenvalue weighted by atomic mass is 9.81. The van der Waals surface area contributed by atoms with Crippen molar-refractivity contribution in [3.8, 4) is 10.6 Å². The summed E-state index contributed by atoms with van der Waals surface area (Å²) in [5.74, 6) is -0.101. The number of amides is 1. The van der Waals surface area contributed by atoms with Crippen LogP contribution in [0.1, 0.15) is 48.5 Å². The van der Waals surface area contributed by atoms with Gasteiger partial charge in [-0.25, -0.2) is 4.98 Å². The van der Waals surface area contributed by atoms with Crippen molar-refractivity contribution in [2.75, 3.05) is 24.3 Å².